The molecule has 3 rings (SSSR count). The molecular weight excluding hydrogens is 317 g/mol. The summed E-state index contributed by atoms with van der Waals surface area (Å²) in [5.74, 6) is -0.341. The van der Waals surface area contributed by atoms with E-state index in [2.05, 4.69) is 15.6 Å². The van der Waals surface area contributed by atoms with Gasteiger partial charge in [0.25, 0.3) is 5.91 Å². The van der Waals surface area contributed by atoms with Crippen LogP contribution in [-0.4, -0.2) is 16.9 Å². The largest absolute Gasteiger partial charge is 0.380 e. The number of aromatic nitrogens is 1. The molecule has 132 valence electrons. The molecule has 25 heavy (non-hydrogen) atoms. The summed E-state index contributed by atoms with van der Waals surface area (Å²) in [6.07, 6.45) is 8.67. The lowest BCUT2D eigenvalue weighted by molar-refractivity contribution is 0.0928. The Balaban J connectivity index is 1.52. The van der Waals surface area contributed by atoms with Crippen molar-refractivity contribution in [2.24, 2.45) is 0 Å². The Hall–Kier alpha value is -2.43. The Bertz CT molecular complexity index is 677. The zero-order valence-corrected chi connectivity index (χ0v) is 14.3. The van der Waals surface area contributed by atoms with Crippen LogP contribution < -0.4 is 10.6 Å². The minimum absolute atomic E-state index is 0.100. The Morgan fingerprint density at radius 2 is 1.76 bits per heavy atom. The van der Waals surface area contributed by atoms with Gasteiger partial charge >= 0.3 is 0 Å². The SMILES string of the molecule is O=C(NC1CCCCCC1)c1ccc(NCc2ccc(F)cc2)cn1. The van der Waals surface area contributed by atoms with Crippen molar-refractivity contribution >= 4 is 11.6 Å². The van der Waals surface area contributed by atoms with Gasteiger partial charge in [0, 0.05) is 12.6 Å². The molecule has 0 unspecified atom stereocenters. The van der Waals surface area contributed by atoms with Gasteiger partial charge in [-0.2, -0.15) is 0 Å². The number of halogens is 1. The highest BCUT2D eigenvalue weighted by Crippen LogP contribution is 2.17. The Morgan fingerprint density at radius 1 is 1.04 bits per heavy atom. The van der Waals surface area contributed by atoms with Crippen LogP contribution in [0.1, 0.15) is 54.6 Å². The third-order valence-corrected chi connectivity index (χ3v) is 4.60. The summed E-state index contributed by atoms with van der Waals surface area (Å²) in [5, 5.41) is 6.32. The molecule has 1 saturated carbocycles. The average Bonchev–Trinajstić information content (AvgIpc) is 2.90. The Kier molecular flexibility index (Phi) is 5.99. The second kappa shape index (κ2) is 8.60. The van der Waals surface area contributed by atoms with Gasteiger partial charge in [-0.15, -0.1) is 0 Å². The van der Waals surface area contributed by atoms with Crippen molar-refractivity contribution in [1.29, 1.82) is 0 Å². The fourth-order valence-electron chi connectivity index (χ4n) is 3.12. The molecule has 0 radical (unpaired) electrons. The predicted molar refractivity (Wildman–Crippen MR) is 96.9 cm³/mol. The van der Waals surface area contributed by atoms with Crippen molar-refractivity contribution in [2.75, 3.05) is 5.32 Å². The van der Waals surface area contributed by atoms with Gasteiger partial charge in [-0.05, 0) is 42.7 Å². The highest BCUT2D eigenvalue weighted by Gasteiger charge is 2.16. The number of anilines is 1. The molecule has 2 N–H and O–H groups in total. The molecule has 1 amide bonds. The van der Waals surface area contributed by atoms with Crippen LogP contribution in [0.25, 0.3) is 0 Å². The summed E-state index contributed by atoms with van der Waals surface area (Å²) in [4.78, 5) is 16.6. The minimum Gasteiger partial charge on any atom is -0.380 e. The van der Waals surface area contributed by atoms with E-state index in [-0.39, 0.29) is 17.8 Å². The Labute approximate surface area is 147 Å². The first kappa shape index (κ1) is 17.4. The van der Waals surface area contributed by atoms with Crippen molar-refractivity contribution in [2.45, 2.75) is 51.1 Å². The molecule has 1 aliphatic rings. The number of carbonyl (C=O) groups is 1. The van der Waals surface area contributed by atoms with Gasteiger partial charge in [-0.1, -0.05) is 37.8 Å². The van der Waals surface area contributed by atoms with Crippen molar-refractivity contribution in [1.82, 2.24) is 10.3 Å². The van der Waals surface area contributed by atoms with Crippen LogP contribution in [0.5, 0.6) is 0 Å². The van der Waals surface area contributed by atoms with Crippen molar-refractivity contribution in [3.63, 3.8) is 0 Å². The van der Waals surface area contributed by atoms with Crippen molar-refractivity contribution in [3.05, 3.63) is 59.7 Å². The number of benzene rings is 1. The van der Waals surface area contributed by atoms with Crippen LogP contribution in [0.4, 0.5) is 10.1 Å². The molecule has 1 aromatic heterocycles. The van der Waals surface area contributed by atoms with Crippen LogP contribution in [0.2, 0.25) is 0 Å². The topological polar surface area (TPSA) is 54.0 Å². The maximum absolute atomic E-state index is 12.9. The fourth-order valence-corrected chi connectivity index (χ4v) is 3.12. The molecular formula is C20H24FN3O. The number of nitrogens with one attached hydrogen (secondary N) is 2. The zero-order valence-electron chi connectivity index (χ0n) is 14.3. The lowest BCUT2D eigenvalue weighted by Crippen LogP contribution is -2.34. The first-order valence-corrected chi connectivity index (χ1v) is 8.96. The molecule has 1 aliphatic carbocycles. The normalized spacial score (nSPS) is 15.4. The summed E-state index contributed by atoms with van der Waals surface area (Å²) in [6.45, 7) is 0.579. The number of hydrogen-bond acceptors (Lipinski definition) is 3. The van der Waals surface area contributed by atoms with Gasteiger partial charge in [0.05, 0.1) is 11.9 Å². The van der Waals surface area contributed by atoms with E-state index >= 15 is 0 Å². The molecule has 5 heteroatoms. The second-order valence-electron chi connectivity index (χ2n) is 6.57. The molecule has 0 bridgehead atoms. The third-order valence-electron chi connectivity index (χ3n) is 4.60. The van der Waals surface area contributed by atoms with Gasteiger partial charge in [0.2, 0.25) is 0 Å². The lowest BCUT2D eigenvalue weighted by Gasteiger charge is -2.16. The molecule has 0 spiro atoms. The van der Waals surface area contributed by atoms with E-state index in [9.17, 15) is 9.18 Å². The first-order chi connectivity index (χ1) is 12.2. The second-order valence-corrected chi connectivity index (χ2v) is 6.57. The minimum atomic E-state index is -0.241. The number of amides is 1. The fraction of sp³-hybridized carbons (Fsp3) is 0.400. The lowest BCUT2D eigenvalue weighted by atomic mass is 10.1. The molecule has 1 heterocycles. The standard InChI is InChI=1S/C20H24FN3O/c21-16-9-7-15(8-10-16)13-22-18-11-12-19(23-14-18)20(25)24-17-5-3-1-2-4-6-17/h7-12,14,17,22H,1-6,13H2,(H,24,25). The third kappa shape index (κ3) is 5.28. The highest BCUT2D eigenvalue weighted by molar-refractivity contribution is 5.92. The van der Waals surface area contributed by atoms with Crippen LogP contribution in [0.15, 0.2) is 42.6 Å². The maximum atomic E-state index is 12.9. The van der Waals surface area contributed by atoms with Crippen LogP contribution >= 0.6 is 0 Å². The maximum Gasteiger partial charge on any atom is 0.270 e. The summed E-state index contributed by atoms with van der Waals surface area (Å²) in [7, 11) is 0. The van der Waals surface area contributed by atoms with E-state index in [4.69, 9.17) is 0 Å². The smallest absolute Gasteiger partial charge is 0.270 e. The molecule has 1 aromatic carbocycles. The van der Waals surface area contributed by atoms with Crippen LogP contribution in [0, 0.1) is 5.82 Å². The zero-order chi connectivity index (χ0) is 17.5. The van der Waals surface area contributed by atoms with E-state index in [1.807, 2.05) is 6.07 Å². The van der Waals surface area contributed by atoms with Gasteiger partial charge in [0.15, 0.2) is 0 Å². The molecule has 2 aromatic rings. The number of nitrogens with zero attached hydrogens (tertiary/aromatic N) is 1. The van der Waals surface area contributed by atoms with E-state index in [0.29, 0.717) is 12.2 Å². The average molecular weight is 341 g/mol. The summed E-state index contributed by atoms with van der Waals surface area (Å²) < 4.78 is 12.9. The van der Waals surface area contributed by atoms with Gasteiger partial charge in [-0.25, -0.2) is 9.37 Å². The highest BCUT2D eigenvalue weighted by atomic mass is 19.1. The van der Waals surface area contributed by atoms with Gasteiger partial charge in [-0.3, -0.25) is 4.79 Å². The van der Waals surface area contributed by atoms with Gasteiger partial charge in [0.1, 0.15) is 11.5 Å². The van der Waals surface area contributed by atoms with E-state index in [1.165, 1.54) is 37.8 Å². The quantitative estimate of drug-likeness (QED) is 0.798. The van der Waals surface area contributed by atoms with Gasteiger partial charge < -0.3 is 10.6 Å². The monoisotopic (exact) mass is 341 g/mol. The summed E-state index contributed by atoms with van der Waals surface area (Å²) in [6, 6.07) is 10.2. The summed E-state index contributed by atoms with van der Waals surface area (Å²) in [5.41, 5.74) is 2.25. The number of rotatable bonds is 5. The molecule has 0 aliphatic heterocycles. The van der Waals surface area contributed by atoms with E-state index in [1.54, 1.807) is 24.4 Å². The van der Waals surface area contributed by atoms with E-state index < -0.39 is 0 Å². The first-order valence-electron chi connectivity index (χ1n) is 8.96. The predicted octanol–water partition coefficient (Wildman–Crippen LogP) is 4.29. The van der Waals surface area contributed by atoms with Crippen LogP contribution in [-0.2, 0) is 6.54 Å². The number of carbonyl (C=O) groups excluding carboxylic acids is 1. The number of pyridine rings is 1. The number of hydrogen-bond donors (Lipinski definition) is 2. The van der Waals surface area contributed by atoms with Crippen LogP contribution in [0.3, 0.4) is 0 Å². The summed E-state index contributed by atoms with van der Waals surface area (Å²) >= 11 is 0. The molecule has 1 fully saturated rings. The molecule has 4 nitrogen and oxygen atoms in total. The Morgan fingerprint density at radius 3 is 2.40 bits per heavy atom. The van der Waals surface area contributed by atoms with E-state index in [0.717, 1.165) is 24.1 Å². The van der Waals surface area contributed by atoms with Crippen molar-refractivity contribution < 1.29 is 9.18 Å². The molecule has 0 saturated heterocycles. The molecule has 0 atom stereocenters. The van der Waals surface area contributed by atoms with Crippen molar-refractivity contribution in [3.8, 4) is 0 Å².